The third-order valence-electron chi connectivity index (χ3n) is 3.24. The van der Waals surface area contributed by atoms with Gasteiger partial charge < -0.3 is 9.73 Å². The molecule has 4 heteroatoms. The Hall–Kier alpha value is -2.26. The Labute approximate surface area is 127 Å². The Balaban J connectivity index is 1.74. The van der Waals surface area contributed by atoms with Crippen LogP contribution in [-0.2, 0) is 6.54 Å². The van der Waals surface area contributed by atoms with E-state index in [4.69, 9.17) is 16.0 Å². The number of fused-ring (bicyclic) bond motifs is 1. The number of rotatable bonds is 3. The first kappa shape index (κ1) is 13.7. The lowest BCUT2D eigenvalue weighted by atomic mass is 10.1. The van der Waals surface area contributed by atoms with Crippen LogP contribution in [0.5, 0.6) is 0 Å². The lowest BCUT2D eigenvalue weighted by molar-refractivity contribution is 0.0925. The van der Waals surface area contributed by atoms with Gasteiger partial charge in [0.15, 0.2) is 5.76 Å². The number of aryl methyl sites for hydroxylation is 1. The van der Waals surface area contributed by atoms with Gasteiger partial charge in [0.1, 0.15) is 5.58 Å². The number of amides is 1. The summed E-state index contributed by atoms with van der Waals surface area (Å²) < 4.78 is 5.53. The number of halogens is 1. The predicted molar refractivity (Wildman–Crippen MR) is 83.6 cm³/mol. The maximum Gasteiger partial charge on any atom is 0.287 e. The molecule has 0 saturated carbocycles. The van der Waals surface area contributed by atoms with Gasteiger partial charge in [0.2, 0.25) is 0 Å². The number of hydrogen-bond acceptors (Lipinski definition) is 2. The highest BCUT2D eigenvalue weighted by molar-refractivity contribution is 6.31. The highest BCUT2D eigenvalue weighted by atomic mass is 35.5. The van der Waals surface area contributed by atoms with E-state index < -0.39 is 0 Å². The summed E-state index contributed by atoms with van der Waals surface area (Å²) in [6.07, 6.45) is 0. The Morgan fingerprint density at radius 3 is 2.86 bits per heavy atom. The quantitative estimate of drug-likeness (QED) is 0.782. The molecule has 0 atom stereocenters. The van der Waals surface area contributed by atoms with Crippen molar-refractivity contribution in [2.45, 2.75) is 13.5 Å². The average Bonchev–Trinajstić information content (AvgIpc) is 2.88. The third-order valence-corrected chi connectivity index (χ3v) is 3.47. The molecule has 21 heavy (non-hydrogen) atoms. The van der Waals surface area contributed by atoms with Gasteiger partial charge in [-0.3, -0.25) is 4.79 Å². The Morgan fingerprint density at radius 2 is 2.05 bits per heavy atom. The molecule has 106 valence electrons. The van der Waals surface area contributed by atoms with Crippen molar-refractivity contribution in [3.63, 3.8) is 0 Å². The van der Waals surface area contributed by atoms with Gasteiger partial charge in [0.25, 0.3) is 5.91 Å². The van der Waals surface area contributed by atoms with E-state index >= 15 is 0 Å². The van der Waals surface area contributed by atoms with Crippen molar-refractivity contribution in [2.75, 3.05) is 0 Å². The molecule has 3 rings (SSSR count). The molecule has 1 aromatic heterocycles. The summed E-state index contributed by atoms with van der Waals surface area (Å²) in [5, 5.41) is 4.30. The fourth-order valence-corrected chi connectivity index (χ4v) is 2.40. The first-order valence-corrected chi connectivity index (χ1v) is 7.02. The third kappa shape index (κ3) is 3.09. The molecule has 1 amide bonds. The van der Waals surface area contributed by atoms with E-state index in [0.717, 1.165) is 10.9 Å². The number of hydrogen-bond donors (Lipinski definition) is 1. The molecule has 0 fully saturated rings. The van der Waals surface area contributed by atoms with E-state index in [-0.39, 0.29) is 5.91 Å². The monoisotopic (exact) mass is 299 g/mol. The summed E-state index contributed by atoms with van der Waals surface area (Å²) in [5.74, 6) is 0.0590. The molecule has 0 spiro atoms. The minimum atomic E-state index is -0.233. The second-order valence-corrected chi connectivity index (χ2v) is 5.40. The van der Waals surface area contributed by atoms with Gasteiger partial charge in [0.05, 0.1) is 0 Å². The van der Waals surface area contributed by atoms with Crippen LogP contribution in [0.1, 0.15) is 21.7 Å². The van der Waals surface area contributed by atoms with Crippen molar-refractivity contribution in [3.8, 4) is 0 Å². The van der Waals surface area contributed by atoms with Gasteiger partial charge in [-0.15, -0.1) is 0 Å². The maximum atomic E-state index is 12.1. The van der Waals surface area contributed by atoms with E-state index in [1.54, 1.807) is 24.3 Å². The molecule has 1 N–H and O–H groups in total. The topological polar surface area (TPSA) is 42.2 Å². The standard InChI is InChI=1S/C17H14ClNO2/c1-11-3-2-4-12(7-11)10-19-17(20)16-9-13-8-14(18)5-6-15(13)21-16/h2-9H,10H2,1H3,(H,19,20). The highest BCUT2D eigenvalue weighted by Crippen LogP contribution is 2.23. The first-order chi connectivity index (χ1) is 10.1. The largest absolute Gasteiger partial charge is 0.451 e. The van der Waals surface area contributed by atoms with Crippen molar-refractivity contribution in [1.29, 1.82) is 0 Å². The average molecular weight is 300 g/mol. The van der Waals surface area contributed by atoms with Crippen molar-refractivity contribution < 1.29 is 9.21 Å². The van der Waals surface area contributed by atoms with Crippen molar-refractivity contribution >= 4 is 28.5 Å². The number of carbonyl (C=O) groups excluding carboxylic acids is 1. The van der Waals surface area contributed by atoms with E-state index in [2.05, 4.69) is 5.32 Å². The molecule has 0 aliphatic rings. The van der Waals surface area contributed by atoms with Gasteiger partial charge >= 0.3 is 0 Å². The molecule has 1 heterocycles. The van der Waals surface area contributed by atoms with E-state index in [9.17, 15) is 4.79 Å². The molecule has 0 saturated heterocycles. The van der Waals surface area contributed by atoms with E-state index in [0.29, 0.717) is 22.9 Å². The summed E-state index contributed by atoms with van der Waals surface area (Å²) in [6.45, 7) is 2.49. The molecule has 3 nitrogen and oxygen atoms in total. The summed E-state index contributed by atoms with van der Waals surface area (Å²) in [5.41, 5.74) is 2.88. The molecule has 3 aromatic rings. The smallest absolute Gasteiger partial charge is 0.287 e. The van der Waals surface area contributed by atoms with Gasteiger partial charge in [-0.2, -0.15) is 0 Å². The minimum Gasteiger partial charge on any atom is -0.451 e. The summed E-state index contributed by atoms with van der Waals surface area (Å²) in [7, 11) is 0. The van der Waals surface area contributed by atoms with Gasteiger partial charge in [-0.05, 0) is 36.8 Å². The van der Waals surface area contributed by atoms with Gasteiger partial charge in [-0.25, -0.2) is 0 Å². The molecule has 2 aromatic carbocycles. The molecule has 0 radical (unpaired) electrons. The van der Waals surface area contributed by atoms with Crippen molar-refractivity contribution in [3.05, 3.63) is 70.4 Å². The SMILES string of the molecule is Cc1cccc(CNC(=O)c2cc3cc(Cl)ccc3o2)c1. The summed E-state index contributed by atoms with van der Waals surface area (Å²) in [6, 6.07) is 15.0. The zero-order chi connectivity index (χ0) is 14.8. The highest BCUT2D eigenvalue weighted by Gasteiger charge is 2.12. The fourth-order valence-electron chi connectivity index (χ4n) is 2.22. The molecular formula is C17H14ClNO2. The van der Waals surface area contributed by atoms with Crippen molar-refractivity contribution in [2.24, 2.45) is 0 Å². The Morgan fingerprint density at radius 1 is 1.19 bits per heavy atom. The Bertz CT molecular complexity index is 807. The lowest BCUT2D eigenvalue weighted by Crippen LogP contribution is -2.22. The van der Waals surface area contributed by atoms with Crippen LogP contribution in [0, 0.1) is 6.92 Å². The van der Waals surface area contributed by atoms with Crippen LogP contribution in [0.4, 0.5) is 0 Å². The van der Waals surface area contributed by atoms with Crippen LogP contribution < -0.4 is 5.32 Å². The van der Waals surface area contributed by atoms with E-state index in [1.807, 2.05) is 31.2 Å². The zero-order valence-electron chi connectivity index (χ0n) is 11.5. The molecule has 0 aliphatic carbocycles. The molecule has 0 unspecified atom stereocenters. The maximum absolute atomic E-state index is 12.1. The minimum absolute atomic E-state index is 0.233. The predicted octanol–water partition coefficient (Wildman–Crippen LogP) is 4.32. The van der Waals surface area contributed by atoms with E-state index in [1.165, 1.54) is 5.56 Å². The second-order valence-electron chi connectivity index (χ2n) is 4.96. The van der Waals surface area contributed by atoms with Crippen LogP contribution in [-0.4, -0.2) is 5.91 Å². The number of furan rings is 1. The normalized spacial score (nSPS) is 10.8. The number of carbonyl (C=O) groups is 1. The summed E-state index contributed by atoms with van der Waals surface area (Å²) >= 11 is 5.92. The van der Waals surface area contributed by atoms with Crippen LogP contribution >= 0.6 is 11.6 Å². The molecular weight excluding hydrogens is 286 g/mol. The zero-order valence-corrected chi connectivity index (χ0v) is 12.3. The van der Waals surface area contributed by atoms with Crippen LogP contribution in [0.15, 0.2) is 52.9 Å². The summed E-state index contributed by atoms with van der Waals surface area (Å²) in [4.78, 5) is 12.1. The van der Waals surface area contributed by atoms with Gasteiger partial charge in [0, 0.05) is 17.0 Å². The van der Waals surface area contributed by atoms with Crippen molar-refractivity contribution in [1.82, 2.24) is 5.32 Å². The fraction of sp³-hybridized carbons (Fsp3) is 0.118. The van der Waals surface area contributed by atoms with Crippen LogP contribution in [0.2, 0.25) is 5.02 Å². The first-order valence-electron chi connectivity index (χ1n) is 6.65. The number of benzene rings is 2. The number of nitrogens with one attached hydrogen (secondary N) is 1. The molecule has 0 bridgehead atoms. The van der Waals surface area contributed by atoms with Crippen LogP contribution in [0.3, 0.4) is 0 Å². The molecule has 0 aliphatic heterocycles. The van der Waals surface area contributed by atoms with Gasteiger partial charge in [-0.1, -0.05) is 41.4 Å². The Kier molecular flexibility index (Phi) is 3.67. The second kappa shape index (κ2) is 5.62. The van der Waals surface area contributed by atoms with Crippen LogP contribution in [0.25, 0.3) is 11.0 Å². The lowest BCUT2D eigenvalue weighted by Gasteiger charge is -2.04.